The van der Waals surface area contributed by atoms with Gasteiger partial charge in [-0.2, -0.15) is 0 Å². The summed E-state index contributed by atoms with van der Waals surface area (Å²) in [5.41, 5.74) is 2.18. The average Bonchev–Trinajstić information content (AvgIpc) is 2.67. The van der Waals surface area contributed by atoms with Crippen LogP contribution in [0.3, 0.4) is 0 Å². The molecule has 0 spiro atoms. The van der Waals surface area contributed by atoms with Crippen LogP contribution in [0.1, 0.15) is 59.8 Å². The van der Waals surface area contributed by atoms with E-state index < -0.39 is 5.60 Å². The molecular weight excluding hydrogens is 358 g/mol. The minimum Gasteiger partial charge on any atom is -0.443 e. The van der Waals surface area contributed by atoms with Gasteiger partial charge >= 0.3 is 6.09 Å². The third-order valence-electron chi connectivity index (χ3n) is 7.26. The van der Waals surface area contributed by atoms with Crippen LogP contribution in [-0.2, 0) is 4.74 Å². The quantitative estimate of drug-likeness (QED) is 0.556. The molecule has 4 rings (SSSR count). The molecule has 0 aliphatic heterocycles. The van der Waals surface area contributed by atoms with Crippen molar-refractivity contribution >= 4 is 22.6 Å². The van der Waals surface area contributed by atoms with Crippen LogP contribution >= 0.6 is 0 Å². The Morgan fingerprint density at radius 3 is 2.69 bits per heavy atom. The zero-order valence-corrected chi connectivity index (χ0v) is 18.1. The number of amides is 1. The number of fused-ring (bicyclic) bond motifs is 2. The predicted molar refractivity (Wildman–Crippen MR) is 120 cm³/mol. The van der Waals surface area contributed by atoms with Crippen LogP contribution in [0.5, 0.6) is 0 Å². The first-order chi connectivity index (χ1) is 13.8. The van der Waals surface area contributed by atoms with E-state index in [-0.39, 0.29) is 12.0 Å². The highest BCUT2D eigenvalue weighted by molar-refractivity contribution is 6.00. The second kappa shape index (κ2) is 7.51. The van der Waals surface area contributed by atoms with Crippen molar-refractivity contribution in [3.63, 3.8) is 0 Å². The van der Waals surface area contributed by atoms with Gasteiger partial charge in [-0.05, 0) is 62.3 Å². The summed E-state index contributed by atoms with van der Waals surface area (Å²) in [6, 6.07) is 14.0. The first kappa shape index (κ1) is 20.0. The highest BCUT2D eigenvalue weighted by atomic mass is 16.6. The number of ether oxygens (including phenoxy) is 1. The summed E-state index contributed by atoms with van der Waals surface area (Å²) < 4.78 is 5.98. The SMILES string of the molecule is C[C@H]1CCC[C@@]2(C)CC[C@@H](C(C)(C)OC(=O)Nc3cccc4ccccc34)C=C12. The number of allylic oxidation sites excluding steroid dienone is 1. The lowest BCUT2D eigenvalue weighted by Crippen LogP contribution is -2.42. The molecule has 3 heteroatoms. The maximum atomic E-state index is 12.8. The van der Waals surface area contributed by atoms with E-state index in [4.69, 9.17) is 4.74 Å². The zero-order valence-electron chi connectivity index (χ0n) is 18.1. The Bertz CT molecular complexity index is 939. The summed E-state index contributed by atoms with van der Waals surface area (Å²) >= 11 is 0. The van der Waals surface area contributed by atoms with E-state index in [9.17, 15) is 4.79 Å². The Labute approximate surface area is 174 Å². The molecule has 29 heavy (non-hydrogen) atoms. The van der Waals surface area contributed by atoms with Crippen molar-refractivity contribution < 1.29 is 9.53 Å². The van der Waals surface area contributed by atoms with E-state index in [1.54, 1.807) is 5.57 Å². The molecule has 2 aromatic carbocycles. The van der Waals surface area contributed by atoms with Gasteiger partial charge in [0.25, 0.3) is 0 Å². The van der Waals surface area contributed by atoms with Crippen molar-refractivity contribution in [2.45, 2.75) is 65.4 Å². The molecule has 1 N–H and O–H groups in total. The van der Waals surface area contributed by atoms with Gasteiger partial charge in [-0.15, -0.1) is 0 Å². The molecule has 1 fully saturated rings. The van der Waals surface area contributed by atoms with Crippen molar-refractivity contribution in [1.82, 2.24) is 0 Å². The fourth-order valence-electron chi connectivity index (χ4n) is 5.43. The van der Waals surface area contributed by atoms with E-state index in [0.29, 0.717) is 11.3 Å². The van der Waals surface area contributed by atoms with E-state index >= 15 is 0 Å². The van der Waals surface area contributed by atoms with Crippen LogP contribution in [0, 0.1) is 17.3 Å². The maximum Gasteiger partial charge on any atom is 0.412 e. The summed E-state index contributed by atoms with van der Waals surface area (Å²) in [5.74, 6) is 0.890. The molecule has 0 unspecified atom stereocenters. The van der Waals surface area contributed by atoms with Gasteiger partial charge in [0.05, 0.1) is 5.69 Å². The first-order valence-electron chi connectivity index (χ1n) is 11.0. The highest BCUT2D eigenvalue weighted by Gasteiger charge is 2.43. The molecule has 0 bridgehead atoms. The molecule has 3 atom stereocenters. The van der Waals surface area contributed by atoms with E-state index in [1.807, 2.05) is 56.3 Å². The van der Waals surface area contributed by atoms with Gasteiger partial charge in [-0.1, -0.05) is 68.3 Å². The molecule has 2 aliphatic rings. The van der Waals surface area contributed by atoms with Gasteiger partial charge < -0.3 is 4.74 Å². The number of rotatable bonds is 3. The topological polar surface area (TPSA) is 38.3 Å². The zero-order chi connectivity index (χ0) is 20.6. The minimum atomic E-state index is -0.542. The van der Waals surface area contributed by atoms with Gasteiger partial charge in [-0.25, -0.2) is 4.79 Å². The van der Waals surface area contributed by atoms with Gasteiger partial charge in [0.2, 0.25) is 0 Å². The van der Waals surface area contributed by atoms with Crippen LogP contribution in [0.2, 0.25) is 0 Å². The Hall–Kier alpha value is -2.29. The third kappa shape index (κ3) is 3.92. The van der Waals surface area contributed by atoms with Gasteiger partial charge in [0, 0.05) is 11.3 Å². The monoisotopic (exact) mass is 391 g/mol. The first-order valence-corrected chi connectivity index (χ1v) is 11.0. The van der Waals surface area contributed by atoms with Crippen LogP contribution in [-0.4, -0.2) is 11.7 Å². The normalized spacial score (nSPS) is 27.1. The molecule has 2 aliphatic carbocycles. The molecule has 3 nitrogen and oxygen atoms in total. The lowest BCUT2D eigenvalue weighted by Gasteiger charge is -2.47. The molecule has 1 saturated carbocycles. The number of benzene rings is 2. The molecule has 0 radical (unpaired) electrons. The van der Waals surface area contributed by atoms with Crippen LogP contribution in [0.15, 0.2) is 54.1 Å². The van der Waals surface area contributed by atoms with Crippen LogP contribution < -0.4 is 5.32 Å². The largest absolute Gasteiger partial charge is 0.443 e. The molecule has 1 amide bonds. The van der Waals surface area contributed by atoms with Gasteiger partial charge in [0.1, 0.15) is 5.60 Å². The molecular formula is C26H33NO2. The van der Waals surface area contributed by atoms with Crippen molar-refractivity contribution in [3.8, 4) is 0 Å². The van der Waals surface area contributed by atoms with E-state index in [1.165, 1.54) is 25.7 Å². The summed E-state index contributed by atoms with van der Waals surface area (Å²) in [7, 11) is 0. The standard InChI is InChI=1S/C26H33NO2/c1-18-9-8-15-26(4)16-14-20(17-22(18)26)25(2,3)29-24(28)27-23-13-7-11-19-10-5-6-12-21(19)23/h5-7,10-13,17-18,20H,8-9,14-16H2,1-4H3,(H,27,28)/t18-,20+,26-/m0/s1. The van der Waals surface area contributed by atoms with Crippen molar-refractivity contribution in [1.29, 1.82) is 0 Å². The average molecular weight is 392 g/mol. The molecule has 0 saturated heterocycles. The number of carbonyl (C=O) groups is 1. The summed E-state index contributed by atoms with van der Waals surface area (Å²) in [4.78, 5) is 12.8. The number of anilines is 1. The predicted octanol–water partition coefficient (Wildman–Crippen LogP) is 7.33. The Morgan fingerprint density at radius 2 is 1.86 bits per heavy atom. The molecule has 154 valence electrons. The minimum absolute atomic E-state index is 0.254. The van der Waals surface area contributed by atoms with E-state index in [0.717, 1.165) is 22.9 Å². The lowest BCUT2D eigenvalue weighted by molar-refractivity contribution is 0.00504. The number of hydrogen-bond acceptors (Lipinski definition) is 2. The smallest absolute Gasteiger partial charge is 0.412 e. The second-order valence-electron chi connectivity index (χ2n) is 9.77. The summed E-state index contributed by atoms with van der Waals surface area (Å²) in [6.45, 7) is 8.87. The maximum absolute atomic E-state index is 12.8. The number of carbonyl (C=O) groups excluding carboxylic acids is 1. The second-order valence-corrected chi connectivity index (χ2v) is 9.77. The Morgan fingerprint density at radius 1 is 1.10 bits per heavy atom. The summed E-state index contributed by atoms with van der Waals surface area (Å²) in [5, 5.41) is 5.10. The fourth-order valence-corrected chi connectivity index (χ4v) is 5.43. The van der Waals surface area contributed by atoms with Crippen molar-refractivity contribution in [2.75, 3.05) is 5.32 Å². The summed E-state index contributed by atoms with van der Waals surface area (Å²) in [6.07, 6.45) is 8.21. The molecule has 2 aromatic rings. The number of nitrogens with one attached hydrogen (secondary N) is 1. The Kier molecular flexibility index (Phi) is 5.18. The van der Waals surface area contributed by atoms with Crippen LogP contribution in [0.4, 0.5) is 10.5 Å². The fraction of sp³-hybridized carbons (Fsp3) is 0.500. The van der Waals surface area contributed by atoms with E-state index in [2.05, 4.69) is 25.2 Å². The lowest BCUT2D eigenvalue weighted by atomic mass is 9.60. The van der Waals surface area contributed by atoms with Crippen molar-refractivity contribution in [2.24, 2.45) is 17.3 Å². The number of hydrogen-bond donors (Lipinski definition) is 1. The Balaban J connectivity index is 1.50. The van der Waals surface area contributed by atoms with Crippen molar-refractivity contribution in [3.05, 3.63) is 54.1 Å². The van der Waals surface area contributed by atoms with Crippen LogP contribution in [0.25, 0.3) is 10.8 Å². The van der Waals surface area contributed by atoms with Gasteiger partial charge in [0.15, 0.2) is 0 Å². The molecule has 0 heterocycles. The van der Waals surface area contributed by atoms with Gasteiger partial charge in [-0.3, -0.25) is 5.32 Å². The molecule has 0 aromatic heterocycles. The highest BCUT2D eigenvalue weighted by Crippen LogP contribution is 2.52. The third-order valence-corrected chi connectivity index (χ3v) is 7.26.